The van der Waals surface area contributed by atoms with Crippen molar-refractivity contribution < 1.29 is 35.5 Å². The number of amides is 1. The fourth-order valence-corrected chi connectivity index (χ4v) is 4.61. The summed E-state index contributed by atoms with van der Waals surface area (Å²) in [7, 11) is -2.87. The Morgan fingerprint density at radius 3 is 2.35 bits per heavy atom. The number of halogens is 4. The first-order valence-corrected chi connectivity index (χ1v) is 13.1. The quantitative estimate of drug-likeness (QED) is 0.273. The van der Waals surface area contributed by atoms with E-state index in [-0.39, 0.29) is 45.6 Å². The molecule has 0 fully saturated rings. The first kappa shape index (κ1) is 28.4. The van der Waals surface area contributed by atoms with Crippen LogP contribution in [0.2, 0.25) is 0 Å². The molecule has 2 aromatic carbocycles. The highest BCUT2D eigenvalue weighted by Crippen LogP contribution is 2.40. The Balaban J connectivity index is 1.74. The van der Waals surface area contributed by atoms with Crippen LogP contribution in [-0.2, 0) is 21.0 Å². The molecule has 0 spiro atoms. The number of rotatable bonds is 8. The van der Waals surface area contributed by atoms with Gasteiger partial charge in [0.05, 0.1) is 18.4 Å². The number of nitrogens with one attached hydrogen (secondary N) is 1. The van der Waals surface area contributed by atoms with Gasteiger partial charge >= 0.3 is 6.18 Å². The van der Waals surface area contributed by atoms with Gasteiger partial charge in [0, 0.05) is 36.6 Å². The van der Waals surface area contributed by atoms with Crippen LogP contribution in [0, 0.1) is 5.82 Å². The minimum atomic E-state index is -4.63. The smallest absolute Gasteiger partial charge is 0.416 e. The Morgan fingerprint density at radius 1 is 1.02 bits per heavy atom. The Labute approximate surface area is 226 Å². The molecule has 0 saturated heterocycles. The SMILES string of the molecule is CCC(=O)N(c1ccc(S(=O)(=O)Nc2ncccn2)cn1)c1cc(F)c(-c2cccc(C(F)(F)F)c2)cc1OC. The number of nitrogens with zero attached hydrogens (tertiary/aromatic N) is 4. The molecule has 14 heteroatoms. The normalized spacial score (nSPS) is 11.7. The molecule has 0 unspecified atom stereocenters. The van der Waals surface area contributed by atoms with E-state index in [1.165, 1.54) is 49.8 Å². The third-order valence-corrected chi connectivity index (χ3v) is 6.93. The molecule has 2 heterocycles. The number of anilines is 3. The van der Waals surface area contributed by atoms with Gasteiger partial charge in [-0.2, -0.15) is 13.2 Å². The molecule has 4 rings (SSSR count). The average molecular weight is 576 g/mol. The monoisotopic (exact) mass is 575 g/mol. The van der Waals surface area contributed by atoms with Gasteiger partial charge in [0.2, 0.25) is 11.9 Å². The highest BCUT2D eigenvalue weighted by Gasteiger charge is 2.31. The van der Waals surface area contributed by atoms with E-state index in [0.29, 0.717) is 0 Å². The van der Waals surface area contributed by atoms with Gasteiger partial charge in [-0.05, 0) is 42.0 Å². The van der Waals surface area contributed by atoms with Gasteiger partial charge in [0.1, 0.15) is 22.3 Å². The molecule has 40 heavy (non-hydrogen) atoms. The predicted molar refractivity (Wildman–Crippen MR) is 138 cm³/mol. The van der Waals surface area contributed by atoms with Crippen molar-refractivity contribution in [1.29, 1.82) is 0 Å². The fraction of sp³-hybridized carbons (Fsp3) is 0.154. The van der Waals surface area contributed by atoms with E-state index in [0.717, 1.165) is 35.4 Å². The van der Waals surface area contributed by atoms with Crippen molar-refractivity contribution in [2.75, 3.05) is 16.7 Å². The number of ether oxygens (including phenoxy) is 1. The summed E-state index contributed by atoms with van der Waals surface area (Å²) in [5.41, 5.74) is -1.27. The molecule has 0 atom stereocenters. The van der Waals surface area contributed by atoms with E-state index in [9.17, 15) is 26.4 Å². The number of carbonyl (C=O) groups excluding carboxylic acids is 1. The molecule has 4 aromatic rings. The summed E-state index contributed by atoms with van der Waals surface area (Å²) >= 11 is 0. The number of aromatic nitrogens is 3. The number of methoxy groups -OCH3 is 1. The molecule has 0 bridgehead atoms. The number of alkyl halides is 3. The number of hydrogen-bond donors (Lipinski definition) is 1. The largest absolute Gasteiger partial charge is 0.495 e. The molecule has 0 aliphatic carbocycles. The number of pyridine rings is 1. The second-order valence-electron chi connectivity index (χ2n) is 8.20. The van der Waals surface area contributed by atoms with Crippen molar-refractivity contribution in [3.8, 4) is 16.9 Å². The van der Waals surface area contributed by atoms with Crippen LogP contribution in [0.25, 0.3) is 11.1 Å². The van der Waals surface area contributed by atoms with Crippen LogP contribution in [0.5, 0.6) is 5.75 Å². The molecule has 2 aromatic heterocycles. The summed E-state index contributed by atoms with van der Waals surface area (Å²) in [5.74, 6) is -1.70. The van der Waals surface area contributed by atoms with Crippen LogP contribution in [0.1, 0.15) is 18.9 Å². The van der Waals surface area contributed by atoms with Gasteiger partial charge in [0.15, 0.2) is 0 Å². The van der Waals surface area contributed by atoms with Crippen molar-refractivity contribution in [3.63, 3.8) is 0 Å². The minimum absolute atomic E-state index is 0.0306. The van der Waals surface area contributed by atoms with Crippen LogP contribution in [-0.4, -0.2) is 36.4 Å². The average Bonchev–Trinajstić information content (AvgIpc) is 2.93. The third-order valence-electron chi connectivity index (χ3n) is 5.61. The van der Waals surface area contributed by atoms with E-state index < -0.39 is 33.5 Å². The topological polar surface area (TPSA) is 114 Å². The summed E-state index contributed by atoms with van der Waals surface area (Å²) in [6.45, 7) is 1.55. The molecule has 0 radical (unpaired) electrons. The van der Waals surface area contributed by atoms with Gasteiger partial charge in [-0.1, -0.05) is 19.1 Å². The number of carbonyl (C=O) groups is 1. The molecule has 9 nitrogen and oxygen atoms in total. The van der Waals surface area contributed by atoms with Crippen molar-refractivity contribution in [2.45, 2.75) is 24.4 Å². The molecule has 0 saturated carbocycles. The van der Waals surface area contributed by atoms with Crippen molar-refractivity contribution in [3.05, 3.63) is 84.6 Å². The lowest BCUT2D eigenvalue weighted by molar-refractivity contribution is -0.137. The summed E-state index contributed by atoms with van der Waals surface area (Å²) in [6, 6.07) is 10.2. The Kier molecular flexibility index (Phi) is 8.00. The maximum atomic E-state index is 15.4. The van der Waals surface area contributed by atoms with Crippen LogP contribution in [0.15, 0.2) is 78.1 Å². The first-order chi connectivity index (χ1) is 18.9. The highest BCUT2D eigenvalue weighted by molar-refractivity contribution is 7.92. The summed E-state index contributed by atoms with van der Waals surface area (Å²) in [6.07, 6.45) is -0.975. The molecule has 1 amide bonds. The van der Waals surface area contributed by atoms with E-state index in [1.54, 1.807) is 6.92 Å². The lowest BCUT2D eigenvalue weighted by Crippen LogP contribution is -2.26. The lowest BCUT2D eigenvalue weighted by atomic mass is 10.0. The molecule has 208 valence electrons. The summed E-state index contributed by atoms with van der Waals surface area (Å²) in [4.78, 5) is 25.4. The maximum absolute atomic E-state index is 15.4. The zero-order valence-electron chi connectivity index (χ0n) is 21.0. The third kappa shape index (κ3) is 6.01. The molecular formula is C26H21F4N5O4S. The van der Waals surface area contributed by atoms with E-state index >= 15 is 4.39 Å². The van der Waals surface area contributed by atoms with Crippen LogP contribution in [0.4, 0.5) is 35.0 Å². The zero-order valence-corrected chi connectivity index (χ0v) is 21.8. The Morgan fingerprint density at radius 2 is 1.75 bits per heavy atom. The zero-order chi connectivity index (χ0) is 29.1. The Bertz CT molecular complexity index is 1630. The lowest BCUT2D eigenvalue weighted by Gasteiger charge is -2.24. The van der Waals surface area contributed by atoms with Gasteiger partial charge in [-0.25, -0.2) is 32.5 Å². The number of sulfonamides is 1. The van der Waals surface area contributed by atoms with E-state index in [4.69, 9.17) is 4.74 Å². The summed E-state index contributed by atoms with van der Waals surface area (Å²) in [5, 5.41) is 0. The maximum Gasteiger partial charge on any atom is 0.416 e. The number of hydrogen-bond acceptors (Lipinski definition) is 7. The predicted octanol–water partition coefficient (Wildman–Crippen LogP) is 5.58. The van der Waals surface area contributed by atoms with Gasteiger partial charge in [0.25, 0.3) is 10.0 Å². The van der Waals surface area contributed by atoms with Crippen molar-refractivity contribution in [1.82, 2.24) is 15.0 Å². The van der Waals surface area contributed by atoms with Crippen LogP contribution < -0.4 is 14.4 Å². The first-order valence-electron chi connectivity index (χ1n) is 11.6. The minimum Gasteiger partial charge on any atom is -0.495 e. The molecule has 0 aliphatic rings. The second kappa shape index (κ2) is 11.3. The molecule has 1 N–H and O–H groups in total. The standard InChI is InChI=1S/C26H21F4N5O4S/c1-3-24(36)35(23-9-8-18(15-33-23)40(37,38)34-25-31-10-5-11-32-25)21-14-20(27)19(13-22(21)39-2)16-6-4-7-17(12-16)26(28,29)30/h4-15H,3H2,1-2H3,(H,31,32,34). The Hall–Kier alpha value is -4.59. The van der Waals surface area contributed by atoms with Gasteiger partial charge < -0.3 is 4.74 Å². The fourth-order valence-electron chi connectivity index (χ4n) is 3.70. The van der Waals surface area contributed by atoms with E-state index in [2.05, 4.69) is 19.7 Å². The molecular weight excluding hydrogens is 554 g/mol. The van der Waals surface area contributed by atoms with Crippen molar-refractivity contribution >= 4 is 33.4 Å². The van der Waals surface area contributed by atoms with Crippen LogP contribution in [0.3, 0.4) is 0 Å². The van der Waals surface area contributed by atoms with E-state index in [1.807, 2.05) is 0 Å². The molecule has 0 aliphatic heterocycles. The number of benzene rings is 2. The van der Waals surface area contributed by atoms with Crippen LogP contribution >= 0.6 is 0 Å². The second-order valence-corrected chi connectivity index (χ2v) is 9.88. The van der Waals surface area contributed by atoms with Crippen molar-refractivity contribution in [2.24, 2.45) is 0 Å². The van der Waals surface area contributed by atoms with Gasteiger partial charge in [-0.3, -0.25) is 9.69 Å². The summed E-state index contributed by atoms with van der Waals surface area (Å²) < 4.78 is 87.9. The highest BCUT2D eigenvalue weighted by atomic mass is 32.2. The van der Waals surface area contributed by atoms with Gasteiger partial charge in [-0.15, -0.1) is 0 Å².